The fourth-order valence-corrected chi connectivity index (χ4v) is 1.67. The van der Waals surface area contributed by atoms with Crippen LogP contribution in [0.15, 0.2) is 30.3 Å². The zero-order valence-corrected chi connectivity index (χ0v) is 13.0. The van der Waals surface area contributed by atoms with Gasteiger partial charge in [0, 0.05) is 25.1 Å². The van der Waals surface area contributed by atoms with E-state index in [2.05, 4.69) is 29.7 Å². The molecular weight excluding hydrogens is 264 g/mol. The van der Waals surface area contributed by atoms with Crippen LogP contribution in [-0.4, -0.2) is 24.9 Å². The van der Waals surface area contributed by atoms with Gasteiger partial charge in [-0.05, 0) is 23.6 Å². The van der Waals surface area contributed by atoms with Gasteiger partial charge < -0.3 is 10.6 Å². The Hall–Kier alpha value is -2.10. The molecule has 0 unspecified atom stereocenters. The first-order valence-corrected chi connectivity index (χ1v) is 7.35. The van der Waals surface area contributed by atoms with Gasteiger partial charge in [-0.15, -0.1) is 0 Å². The summed E-state index contributed by atoms with van der Waals surface area (Å²) in [5.41, 5.74) is 2.27. The average molecular weight is 288 g/mol. The second kappa shape index (κ2) is 8.95. The van der Waals surface area contributed by atoms with Gasteiger partial charge >= 0.3 is 0 Å². The van der Waals surface area contributed by atoms with Crippen molar-refractivity contribution in [2.45, 2.75) is 27.2 Å². The molecule has 0 saturated carbocycles. The van der Waals surface area contributed by atoms with E-state index in [0.29, 0.717) is 13.1 Å². The third-order valence-electron chi connectivity index (χ3n) is 3.06. The van der Waals surface area contributed by atoms with E-state index in [-0.39, 0.29) is 17.7 Å². The molecule has 2 N–H and O–H groups in total. The van der Waals surface area contributed by atoms with E-state index in [1.807, 2.05) is 26.0 Å². The summed E-state index contributed by atoms with van der Waals surface area (Å²) in [5.74, 6) is -0.198. The molecule has 1 aromatic carbocycles. The monoisotopic (exact) mass is 288 g/mol. The molecule has 0 saturated heterocycles. The predicted octanol–water partition coefficient (Wildman–Crippen LogP) is 2.15. The number of rotatable bonds is 7. The Labute approximate surface area is 126 Å². The third kappa shape index (κ3) is 6.75. The highest BCUT2D eigenvalue weighted by molar-refractivity contribution is 5.91. The molecule has 0 fully saturated rings. The fraction of sp³-hybridized carbons (Fsp3) is 0.412. The molecular formula is C17H24N2O2. The molecule has 0 aliphatic rings. The Morgan fingerprint density at radius 2 is 1.71 bits per heavy atom. The molecule has 4 nitrogen and oxygen atoms in total. The first-order valence-electron chi connectivity index (χ1n) is 7.35. The topological polar surface area (TPSA) is 58.2 Å². The maximum atomic E-state index is 11.6. The molecule has 0 aromatic heterocycles. The molecule has 0 atom stereocenters. The van der Waals surface area contributed by atoms with Gasteiger partial charge in [0.15, 0.2) is 0 Å². The second-order valence-corrected chi connectivity index (χ2v) is 5.17. The van der Waals surface area contributed by atoms with E-state index in [4.69, 9.17) is 0 Å². The lowest BCUT2D eigenvalue weighted by Crippen LogP contribution is -2.35. The van der Waals surface area contributed by atoms with Gasteiger partial charge in [-0.1, -0.05) is 45.0 Å². The zero-order valence-electron chi connectivity index (χ0n) is 13.0. The van der Waals surface area contributed by atoms with Crippen molar-refractivity contribution in [2.75, 3.05) is 13.1 Å². The first kappa shape index (κ1) is 17.0. The third-order valence-corrected chi connectivity index (χ3v) is 3.06. The van der Waals surface area contributed by atoms with Gasteiger partial charge in [0.2, 0.25) is 11.8 Å². The minimum absolute atomic E-state index is 0.00388. The molecule has 4 heteroatoms. The Bertz CT molecular complexity index is 490. The summed E-state index contributed by atoms with van der Waals surface area (Å²) >= 11 is 0. The molecule has 0 radical (unpaired) electrons. The maximum absolute atomic E-state index is 11.6. The van der Waals surface area contributed by atoms with Crippen LogP contribution in [0.1, 0.15) is 31.9 Å². The van der Waals surface area contributed by atoms with Crippen LogP contribution in [0.2, 0.25) is 0 Å². The number of hydrogen-bond acceptors (Lipinski definition) is 2. The van der Waals surface area contributed by atoms with Gasteiger partial charge in [-0.25, -0.2) is 0 Å². The largest absolute Gasteiger partial charge is 0.354 e. The predicted molar refractivity (Wildman–Crippen MR) is 85.7 cm³/mol. The van der Waals surface area contributed by atoms with Gasteiger partial charge in [-0.3, -0.25) is 9.59 Å². The normalized spacial score (nSPS) is 10.9. The van der Waals surface area contributed by atoms with Gasteiger partial charge in [0.1, 0.15) is 0 Å². The lowest BCUT2D eigenvalue weighted by molar-refractivity contribution is -0.124. The zero-order chi connectivity index (χ0) is 15.7. The summed E-state index contributed by atoms with van der Waals surface area (Å²) in [4.78, 5) is 22.9. The summed E-state index contributed by atoms with van der Waals surface area (Å²) in [5, 5.41) is 5.48. The maximum Gasteiger partial charge on any atom is 0.244 e. The van der Waals surface area contributed by atoms with E-state index >= 15 is 0 Å². The number of carbonyl (C=O) groups is 2. The molecule has 0 spiro atoms. The highest BCUT2D eigenvalue weighted by Crippen LogP contribution is 2.06. The van der Waals surface area contributed by atoms with Crippen molar-refractivity contribution >= 4 is 17.9 Å². The Morgan fingerprint density at radius 1 is 1.10 bits per heavy atom. The number of carbonyl (C=O) groups excluding carboxylic acids is 2. The van der Waals surface area contributed by atoms with E-state index in [1.54, 1.807) is 6.08 Å². The van der Waals surface area contributed by atoms with Crippen LogP contribution in [0, 0.1) is 5.92 Å². The Balaban J connectivity index is 2.29. The summed E-state index contributed by atoms with van der Waals surface area (Å²) in [7, 11) is 0. The molecule has 1 aromatic rings. The lowest BCUT2D eigenvalue weighted by atomic mass is 10.1. The van der Waals surface area contributed by atoms with Gasteiger partial charge in [0.25, 0.3) is 0 Å². The molecule has 114 valence electrons. The van der Waals surface area contributed by atoms with Crippen LogP contribution in [-0.2, 0) is 16.0 Å². The summed E-state index contributed by atoms with van der Waals surface area (Å²) in [6, 6.07) is 8.09. The molecule has 0 heterocycles. The smallest absolute Gasteiger partial charge is 0.244 e. The molecule has 2 amide bonds. The standard InChI is InChI=1S/C17H24N2O2/c1-4-14-5-7-15(8-6-14)9-10-16(20)18-11-12-19-17(21)13(2)3/h5-10,13H,4,11-12H2,1-3H3,(H,18,20)(H,19,21)/b10-9+. The average Bonchev–Trinajstić information content (AvgIpc) is 2.49. The van der Waals surface area contributed by atoms with Crippen molar-refractivity contribution in [3.8, 4) is 0 Å². The van der Waals surface area contributed by atoms with E-state index in [1.165, 1.54) is 11.6 Å². The highest BCUT2D eigenvalue weighted by atomic mass is 16.2. The molecule has 21 heavy (non-hydrogen) atoms. The highest BCUT2D eigenvalue weighted by Gasteiger charge is 2.04. The van der Waals surface area contributed by atoms with Crippen molar-refractivity contribution in [1.82, 2.24) is 10.6 Å². The minimum atomic E-state index is -0.159. The number of amides is 2. The summed E-state index contributed by atoms with van der Waals surface area (Å²) in [6.07, 6.45) is 4.29. The van der Waals surface area contributed by atoms with E-state index < -0.39 is 0 Å². The van der Waals surface area contributed by atoms with Crippen molar-refractivity contribution in [2.24, 2.45) is 5.92 Å². The summed E-state index contributed by atoms with van der Waals surface area (Å²) < 4.78 is 0. The lowest BCUT2D eigenvalue weighted by Gasteiger charge is -2.07. The van der Waals surface area contributed by atoms with Crippen LogP contribution in [0.5, 0.6) is 0 Å². The fourth-order valence-electron chi connectivity index (χ4n) is 1.67. The van der Waals surface area contributed by atoms with Crippen molar-refractivity contribution in [3.05, 3.63) is 41.5 Å². The van der Waals surface area contributed by atoms with Gasteiger partial charge in [0.05, 0.1) is 0 Å². The number of hydrogen-bond donors (Lipinski definition) is 2. The Kier molecular flexibility index (Phi) is 7.23. The Morgan fingerprint density at radius 3 is 2.29 bits per heavy atom. The van der Waals surface area contributed by atoms with Crippen molar-refractivity contribution in [3.63, 3.8) is 0 Å². The van der Waals surface area contributed by atoms with E-state index in [0.717, 1.165) is 12.0 Å². The summed E-state index contributed by atoms with van der Waals surface area (Å²) in [6.45, 7) is 6.65. The van der Waals surface area contributed by atoms with Crippen molar-refractivity contribution in [1.29, 1.82) is 0 Å². The number of aryl methyl sites for hydroxylation is 1. The number of nitrogens with one attached hydrogen (secondary N) is 2. The van der Waals surface area contributed by atoms with Crippen LogP contribution >= 0.6 is 0 Å². The first-order chi connectivity index (χ1) is 10.0. The second-order valence-electron chi connectivity index (χ2n) is 5.17. The molecule has 1 rings (SSSR count). The molecule has 0 aliphatic heterocycles. The minimum Gasteiger partial charge on any atom is -0.354 e. The number of benzene rings is 1. The van der Waals surface area contributed by atoms with E-state index in [9.17, 15) is 9.59 Å². The molecule has 0 aliphatic carbocycles. The van der Waals surface area contributed by atoms with Crippen LogP contribution in [0.3, 0.4) is 0 Å². The SMILES string of the molecule is CCc1ccc(/C=C/C(=O)NCCNC(=O)C(C)C)cc1. The van der Waals surface area contributed by atoms with Gasteiger partial charge in [-0.2, -0.15) is 0 Å². The van der Waals surface area contributed by atoms with Crippen LogP contribution < -0.4 is 10.6 Å². The quantitative estimate of drug-likeness (QED) is 0.596. The van der Waals surface area contributed by atoms with Crippen LogP contribution in [0.4, 0.5) is 0 Å². The van der Waals surface area contributed by atoms with Crippen molar-refractivity contribution < 1.29 is 9.59 Å². The molecule has 0 bridgehead atoms. The van der Waals surface area contributed by atoms with Crippen LogP contribution in [0.25, 0.3) is 6.08 Å².